The highest BCUT2D eigenvalue weighted by atomic mass is 32.2. The molecule has 0 fully saturated rings. The lowest BCUT2D eigenvalue weighted by Gasteiger charge is -2.12. The molecule has 2 heterocycles. The molecule has 2 aromatic heterocycles. The molecule has 2 rings (SSSR count). The molecule has 8 heteroatoms. The summed E-state index contributed by atoms with van der Waals surface area (Å²) in [6.45, 7) is 7.53. The van der Waals surface area contributed by atoms with Crippen LogP contribution >= 0.6 is 11.8 Å². The number of aromatic nitrogens is 4. The van der Waals surface area contributed by atoms with Crippen molar-refractivity contribution in [2.45, 2.75) is 0 Å². The number of aliphatic imine (C=N–C) groups is 1. The number of anilines is 1. The van der Waals surface area contributed by atoms with Crippen molar-refractivity contribution < 1.29 is 0 Å². The van der Waals surface area contributed by atoms with Crippen LogP contribution in [0.15, 0.2) is 53.0 Å². The summed E-state index contributed by atoms with van der Waals surface area (Å²) in [5.41, 5.74) is 2.41. The van der Waals surface area contributed by atoms with E-state index in [0.29, 0.717) is 17.2 Å². The molecule has 0 bridgehead atoms. The lowest BCUT2D eigenvalue weighted by atomic mass is 10.3. The van der Waals surface area contributed by atoms with Crippen LogP contribution in [-0.4, -0.2) is 39.0 Å². The Morgan fingerprint density at radius 3 is 3.00 bits per heavy atom. The van der Waals surface area contributed by atoms with Gasteiger partial charge in [-0.05, 0) is 12.1 Å². The van der Waals surface area contributed by atoms with E-state index in [0.717, 1.165) is 11.3 Å². The number of aryl methyl sites for hydroxylation is 1. The molecular weight excluding hydrogens is 310 g/mol. The summed E-state index contributed by atoms with van der Waals surface area (Å²) in [4.78, 5) is 12.3. The number of hydrogen-bond donors (Lipinski definition) is 1. The van der Waals surface area contributed by atoms with Crippen molar-refractivity contribution in [2.24, 2.45) is 17.0 Å². The Kier molecular flexibility index (Phi) is 5.93. The number of rotatable bonds is 7. The SMILES string of the molecule is C=N/C=C\SCNc1nccn(C(=C)c2cnn(C)c2)c1=NC. The van der Waals surface area contributed by atoms with E-state index in [-0.39, 0.29) is 0 Å². The highest BCUT2D eigenvalue weighted by Gasteiger charge is 2.08. The molecule has 23 heavy (non-hydrogen) atoms. The number of nitrogens with zero attached hydrogens (tertiary/aromatic N) is 6. The highest BCUT2D eigenvalue weighted by Crippen LogP contribution is 2.12. The third-order valence-electron chi connectivity index (χ3n) is 2.99. The first kappa shape index (κ1) is 16.8. The molecule has 0 aliphatic heterocycles. The van der Waals surface area contributed by atoms with E-state index in [1.54, 1.807) is 42.1 Å². The van der Waals surface area contributed by atoms with Crippen molar-refractivity contribution in [3.63, 3.8) is 0 Å². The van der Waals surface area contributed by atoms with Gasteiger partial charge in [-0.1, -0.05) is 6.58 Å². The van der Waals surface area contributed by atoms with Crippen molar-refractivity contribution in [3.05, 3.63) is 54.0 Å². The zero-order chi connectivity index (χ0) is 16.7. The van der Waals surface area contributed by atoms with Crippen LogP contribution in [0.5, 0.6) is 0 Å². The van der Waals surface area contributed by atoms with Crippen molar-refractivity contribution in [3.8, 4) is 0 Å². The third kappa shape index (κ3) is 4.19. The van der Waals surface area contributed by atoms with Gasteiger partial charge in [0.2, 0.25) is 0 Å². The Bertz CT molecular complexity index is 785. The molecule has 0 amide bonds. The largest absolute Gasteiger partial charge is 0.358 e. The van der Waals surface area contributed by atoms with Gasteiger partial charge in [-0.2, -0.15) is 5.10 Å². The molecule has 0 unspecified atom stereocenters. The average molecular weight is 329 g/mol. The van der Waals surface area contributed by atoms with Crippen LogP contribution in [0.1, 0.15) is 5.56 Å². The molecule has 7 nitrogen and oxygen atoms in total. The smallest absolute Gasteiger partial charge is 0.175 e. The number of hydrogen-bond acceptors (Lipinski definition) is 6. The predicted molar refractivity (Wildman–Crippen MR) is 96.1 cm³/mol. The molecule has 1 N–H and O–H groups in total. The Morgan fingerprint density at radius 1 is 1.52 bits per heavy atom. The van der Waals surface area contributed by atoms with Gasteiger partial charge in [-0.25, -0.2) is 4.98 Å². The maximum Gasteiger partial charge on any atom is 0.175 e. The van der Waals surface area contributed by atoms with Crippen LogP contribution in [0.4, 0.5) is 5.82 Å². The van der Waals surface area contributed by atoms with Crippen molar-refractivity contribution >= 4 is 30.0 Å². The molecule has 0 saturated carbocycles. The van der Waals surface area contributed by atoms with Crippen molar-refractivity contribution in [1.29, 1.82) is 0 Å². The third-order valence-corrected chi connectivity index (χ3v) is 3.61. The van der Waals surface area contributed by atoms with Gasteiger partial charge in [0.15, 0.2) is 11.3 Å². The van der Waals surface area contributed by atoms with Crippen LogP contribution in [0, 0.1) is 0 Å². The molecule has 120 valence electrons. The second-order valence-corrected chi connectivity index (χ2v) is 5.39. The van der Waals surface area contributed by atoms with Crippen molar-refractivity contribution in [2.75, 3.05) is 18.2 Å². The minimum absolute atomic E-state index is 0.644. The van der Waals surface area contributed by atoms with Gasteiger partial charge in [-0.15, -0.1) is 11.8 Å². The van der Waals surface area contributed by atoms with Crippen LogP contribution in [-0.2, 0) is 7.05 Å². The summed E-state index contributed by atoms with van der Waals surface area (Å²) in [5.74, 6) is 1.33. The second-order valence-electron chi connectivity index (χ2n) is 4.50. The van der Waals surface area contributed by atoms with E-state index in [1.807, 2.05) is 29.4 Å². The van der Waals surface area contributed by atoms with Gasteiger partial charge in [0.05, 0.1) is 17.8 Å². The van der Waals surface area contributed by atoms with Crippen molar-refractivity contribution in [1.82, 2.24) is 19.3 Å². The minimum atomic E-state index is 0.644. The Balaban J connectivity index is 2.24. The molecule has 0 atom stereocenters. The summed E-state index contributed by atoms with van der Waals surface area (Å²) >= 11 is 1.55. The van der Waals surface area contributed by atoms with Crippen LogP contribution in [0.25, 0.3) is 5.70 Å². The monoisotopic (exact) mass is 329 g/mol. The maximum atomic E-state index is 4.35. The zero-order valence-electron chi connectivity index (χ0n) is 13.2. The Labute approximate surface area is 139 Å². The fourth-order valence-electron chi connectivity index (χ4n) is 1.93. The van der Waals surface area contributed by atoms with E-state index < -0.39 is 0 Å². The molecule has 0 saturated heterocycles. The summed E-state index contributed by atoms with van der Waals surface area (Å²) in [5, 5.41) is 9.27. The Hall–Kier alpha value is -2.61. The molecular formula is C15H19N7S. The predicted octanol–water partition coefficient (Wildman–Crippen LogP) is 1.94. The lowest BCUT2D eigenvalue weighted by molar-refractivity contribution is 0.767. The van der Waals surface area contributed by atoms with Gasteiger partial charge in [0.1, 0.15) is 0 Å². The zero-order valence-corrected chi connectivity index (χ0v) is 14.0. The quantitative estimate of drug-likeness (QED) is 0.479. The Morgan fingerprint density at radius 2 is 2.35 bits per heavy atom. The fourth-order valence-corrected chi connectivity index (χ4v) is 2.42. The van der Waals surface area contributed by atoms with Gasteiger partial charge in [0, 0.05) is 44.4 Å². The van der Waals surface area contributed by atoms with Crippen LogP contribution < -0.4 is 10.8 Å². The average Bonchev–Trinajstić information content (AvgIpc) is 3.00. The second kappa shape index (κ2) is 8.14. The normalized spacial score (nSPS) is 11.8. The molecule has 0 spiro atoms. The molecule has 0 radical (unpaired) electrons. The molecule has 0 aliphatic carbocycles. The molecule has 0 aromatic carbocycles. The lowest BCUT2D eigenvalue weighted by Crippen LogP contribution is -2.25. The van der Waals surface area contributed by atoms with E-state index in [4.69, 9.17) is 0 Å². The van der Waals surface area contributed by atoms with E-state index >= 15 is 0 Å². The molecule has 0 aliphatic rings. The molecule has 2 aromatic rings. The summed E-state index contributed by atoms with van der Waals surface area (Å²) < 4.78 is 3.62. The van der Waals surface area contributed by atoms with Crippen LogP contribution in [0.2, 0.25) is 0 Å². The summed E-state index contributed by atoms with van der Waals surface area (Å²) in [7, 11) is 3.60. The first-order valence-corrected chi connectivity index (χ1v) is 7.87. The maximum absolute atomic E-state index is 4.35. The van der Waals surface area contributed by atoms with Crippen LogP contribution in [0.3, 0.4) is 0 Å². The van der Waals surface area contributed by atoms with E-state index in [9.17, 15) is 0 Å². The standard InChI is InChI=1S/C15H19N7S/c1-12(13-9-20-21(4)10-13)22-7-5-18-14(15(22)17-3)19-11-23-8-6-16-2/h5-10H,1-2,11H2,3-4H3,(H,18,19)/b8-6-,17-15?. The van der Waals surface area contributed by atoms with E-state index in [1.165, 1.54) is 0 Å². The topological polar surface area (TPSA) is 72.4 Å². The van der Waals surface area contributed by atoms with Gasteiger partial charge >= 0.3 is 0 Å². The summed E-state index contributed by atoms with van der Waals surface area (Å²) in [6, 6.07) is 0. The highest BCUT2D eigenvalue weighted by molar-refractivity contribution is 8.02. The minimum Gasteiger partial charge on any atom is -0.358 e. The first-order chi connectivity index (χ1) is 11.2. The number of nitrogens with one attached hydrogen (secondary N) is 1. The van der Waals surface area contributed by atoms with Gasteiger partial charge in [0.25, 0.3) is 0 Å². The summed E-state index contributed by atoms with van der Waals surface area (Å²) in [6.07, 6.45) is 8.86. The van der Waals surface area contributed by atoms with Gasteiger partial charge in [-0.3, -0.25) is 19.2 Å². The fraction of sp³-hybridized carbons (Fsp3) is 0.200. The van der Waals surface area contributed by atoms with E-state index in [2.05, 4.69) is 38.7 Å². The van der Waals surface area contributed by atoms with Gasteiger partial charge < -0.3 is 5.32 Å². The number of thioether (sulfide) groups is 1. The first-order valence-electron chi connectivity index (χ1n) is 6.82.